The fraction of sp³-hybridized carbons (Fsp3) is 0.292. The van der Waals surface area contributed by atoms with E-state index < -0.39 is 12.0 Å². The minimum atomic E-state index is -0.874. The Hall–Kier alpha value is -3.41. The minimum Gasteiger partial charge on any atom is -0.493 e. The van der Waals surface area contributed by atoms with Gasteiger partial charge in [-0.15, -0.1) is 0 Å². The monoisotopic (exact) mass is 405 g/mol. The number of aromatic nitrogens is 2. The van der Waals surface area contributed by atoms with Gasteiger partial charge in [0.2, 0.25) is 0 Å². The average Bonchev–Trinajstić information content (AvgIpc) is 2.78. The number of carboxylic acid groups (broad SMARTS) is 1. The second-order valence-electron chi connectivity index (χ2n) is 7.07. The normalized spacial score (nSPS) is 11.6. The van der Waals surface area contributed by atoms with Gasteiger partial charge in [-0.05, 0) is 36.2 Å². The zero-order valence-electron chi connectivity index (χ0n) is 17.1. The van der Waals surface area contributed by atoms with Crippen LogP contribution in [0.4, 0.5) is 5.82 Å². The molecule has 156 valence electrons. The van der Waals surface area contributed by atoms with Crippen molar-refractivity contribution in [1.29, 1.82) is 0 Å². The summed E-state index contributed by atoms with van der Waals surface area (Å²) in [6, 6.07) is 19.0. The van der Waals surface area contributed by atoms with Gasteiger partial charge in [-0.3, -0.25) is 0 Å². The highest BCUT2D eigenvalue weighted by atomic mass is 16.5. The number of benzene rings is 2. The number of aliphatic carboxylic acids is 1. The van der Waals surface area contributed by atoms with Crippen LogP contribution in [0.1, 0.15) is 31.7 Å². The molecule has 0 radical (unpaired) electrons. The lowest BCUT2D eigenvalue weighted by Gasteiger charge is -2.15. The van der Waals surface area contributed by atoms with Crippen LogP contribution in [-0.2, 0) is 11.2 Å². The molecule has 0 saturated heterocycles. The van der Waals surface area contributed by atoms with Crippen LogP contribution in [0.25, 0.3) is 11.3 Å². The molecule has 6 nitrogen and oxygen atoms in total. The molecule has 1 atom stereocenters. The third-order valence-electron chi connectivity index (χ3n) is 4.79. The molecule has 30 heavy (non-hydrogen) atoms. The number of carbonyl (C=O) groups is 1. The summed E-state index contributed by atoms with van der Waals surface area (Å²) in [5.74, 6) is 0.430. The van der Waals surface area contributed by atoms with E-state index in [1.807, 2.05) is 49.4 Å². The first-order valence-electron chi connectivity index (χ1n) is 10.2. The minimum absolute atomic E-state index is 0.506. The first-order valence-corrected chi connectivity index (χ1v) is 10.2. The molecule has 1 heterocycles. The van der Waals surface area contributed by atoms with Gasteiger partial charge in [0, 0.05) is 18.1 Å². The largest absolute Gasteiger partial charge is 0.493 e. The van der Waals surface area contributed by atoms with Crippen LogP contribution >= 0.6 is 0 Å². The number of carboxylic acids is 1. The molecule has 3 rings (SSSR count). The number of nitrogens with one attached hydrogen (secondary N) is 1. The highest BCUT2D eigenvalue weighted by Crippen LogP contribution is 2.22. The van der Waals surface area contributed by atoms with Crippen LogP contribution < -0.4 is 10.1 Å². The van der Waals surface area contributed by atoms with E-state index >= 15 is 0 Å². The molecule has 0 saturated carbocycles. The van der Waals surface area contributed by atoms with Crippen molar-refractivity contribution >= 4 is 11.8 Å². The summed E-state index contributed by atoms with van der Waals surface area (Å²) in [5, 5.41) is 12.4. The van der Waals surface area contributed by atoms with Crippen molar-refractivity contribution in [2.75, 3.05) is 11.9 Å². The quantitative estimate of drug-likeness (QED) is 0.476. The molecule has 2 N–H and O–H groups in total. The van der Waals surface area contributed by atoms with Gasteiger partial charge in [-0.25, -0.2) is 14.8 Å². The number of hydrogen-bond donors (Lipinski definition) is 2. The van der Waals surface area contributed by atoms with Crippen LogP contribution in [0.5, 0.6) is 5.75 Å². The Kier molecular flexibility index (Phi) is 7.78. The van der Waals surface area contributed by atoms with Crippen molar-refractivity contribution in [3.8, 4) is 17.0 Å². The predicted octanol–water partition coefficient (Wildman–Crippen LogP) is 4.82. The Bertz CT molecular complexity index is 930. The van der Waals surface area contributed by atoms with E-state index in [0.717, 1.165) is 36.3 Å². The number of ether oxygens (including phenoxy) is 1. The van der Waals surface area contributed by atoms with Gasteiger partial charge in [0.1, 0.15) is 23.9 Å². The number of rotatable bonds is 11. The number of hydrogen-bond acceptors (Lipinski definition) is 5. The van der Waals surface area contributed by atoms with Crippen molar-refractivity contribution in [2.24, 2.45) is 0 Å². The van der Waals surface area contributed by atoms with Crippen molar-refractivity contribution < 1.29 is 14.6 Å². The van der Waals surface area contributed by atoms with Gasteiger partial charge >= 0.3 is 5.97 Å². The lowest BCUT2D eigenvalue weighted by atomic mass is 10.1. The van der Waals surface area contributed by atoms with Gasteiger partial charge in [0.25, 0.3) is 0 Å². The van der Waals surface area contributed by atoms with E-state index in [2.05, 4.69) is 27.4 Å². The van der Waals surface area contributed by atoms with Crippen LogP contribution in [0.15, 0.2) is 67.0 Å². The molecular weight excluding hydrogens is 378 g/mol. The Morgan fingerprint density at radius 2 is 1.87 bits per heavy atom. The maximum Gasteiger partial charge on any atom is 0.326 e. The number of unbranched alkanes of at least 4 members (excludes halogenated alkanes) is 1. The molecule has 0 aliphatic rings. The topological polar surface area (TPSA) is 84.3 Å². The van der Waals surface area contributed by atoms with Gasteiger partial charge in [0.05, 0.1) is 12.3 Å². The summed E-state index contributed by atoms with van der Waals surface area (Å²) in [5.41, 5.74) is 2.88. The number of nitrogens with zero attached hydrogens (tertiary/aromatic N) is 2. The molecule has 0 aliphatic carbocycles. The standard InChI is InChI=1S/C24H27N3O3/c1-2-3-9-21(24(28)29)27-23-16-22(25-17-26-23)19-10-12-20(13-11-19)30-15-14-18-7-5-4-6-8-18/h4-8,10-13,16-17,21H,2-3,9,14-15H2,1H3,(H,28,29)(H,25,26,27). The van der Waals surface area contributed by atoms with E-state index in [1.54, 1.807) is 6.07 Å². The van der Waals surface area contributed by atoms with Crippen molar-refractivity contribution in [2.45, 2.75) is 38.6 Å². The maximum absolute atomic E-state index is 11.5. The highest BCUT2D eigenvalue weighted by Gasteiger charge is 2.17. The Balaban J connectivity index is 1.60. The Morgan fingerprint density at radius 3 is 2.57 bits per heavy atom. The van der Waals surface area contributed by atoms with Crippen LogP contribution in [0.2, 0.25) is 0 Å². The summed E-state index contributed by atoms with van der Waals surface area (Å²) >= 11 is 0. The van der Waals surface area contributed by atoms with Gasteiger partial charge in [-0.2, -0.15) is 0 Å². The molecule has 0 fully saturated rings. The first kappa shape index (κ1) is 21.3. The first-order chi connectivity index (χ1) is 14.7. The summed E-state index contributed by atoms with van der Waals surface area (Å²) in [6.07, 6.45) is 4.64. The van der Waals surface area contributed by atoms with E-state index in [0.29, 0.717) is 18.8 Å². The van der Waals surface area contributed by atoms with Crippen molar-refractivity contribution in [3.05, 3.63) is 72.6 Å². The van der Waals surface area contributed by atoms with Gasteiger partial charge in [0.15, 0.2) is 0 Å². The fourth-order valence-corrected chi connectivity index (χ4v) is 3.09. The summed E-state index contributed by atoms with van der Waals surface area (Å²) in [4.78, 5) is 19.9. The highest BCUT2D eigenvalue weighted by molar-refractivity contribution is 5.77. The van der Waals surface area contributed by atoms with Crippen LogP contribution in [0.3, 0.4) is 0 Å². The molecule has 2 aromatic carbocycles. The molecule has 1 aromatic heterocycles. The van der Waals surface area contributed by atoms with Crippen LogP contribution in [0, 0.1) is 0 Å². The third-order valence-corrected chi connectivity index (χ3v) is 4.79. The number of anilines is 1. The molecule has 6 heteroatoms. The third kappa shape index (κ3) is 6.30. The van der Waals surface area contributed by atoms with Crippen LogP contribution in [-0.4, -0.2) is 33.7 Å². The molecule has 0 aliphatic heterocycles. The van der Waals surface area contributed by atoms with E-state index in [9.17, 15) is 9.90 Å². The van der Waals surface area contributed by atoms with Crippen molar-refractivity contribution in [1.82, 2.24) is 9.97 Å². The Labute approximate surface area is 177 Å². The summed E-state index contributed by atoms with van der Waals surface area (Å²) in [7, 11) is 0. The van der Waals surface area contributed by atoms with Crippen molar-refractivity contribution in [3.63, 3.8) is 0 Å². The smallest absolute Gasteiger partial charge is 0.326 e. The molecular formula is C24H27N3O3. The summed E-state index contributed by atoms with van der Waals surface area (Å²) < 4.78 is 5.83. The Morgan fingerprint density at radius 1 is 1.10 bits per heavy atom. The zero-order chi connectivity index (χ0) is 21.2. The summed E-state index contributed by atoms with van der Waals surface area (Å²) in [6.45, 7) is 2.65. The maximum atomic E-state index is 11.5. The van der Waals surface area contributed by atoms with E-state index in [4.69, 9.17) is 4.74 Å². The lowest BCUT2D eigenvalue weighted by molar-refractivity contribution is -0.138. The predicted molar refractivity (Wildman–Crippen MR) is 118 cm³/mol. The zero-order valence-corrected chi connectivity index (χ0v) is 17.1. The molecule has 0 amide bonds. The molecule has 0 spiro atoms. The second kappa shape index (κ2) is 11.0. The van der Waals surface area contributed by atoms with Gasteiger partial charge in [-0.1, -0.05) is 50.1 Å². The fourth-order valence-electron chi connectivity index (χ4n) is 3.09. The second-order valence-corrected chi connectivity index (χ2v) is 7.07. The van der Waals surface area contributed by atoms with Gasteiger partial charge < -0.3 is 15.2 Å². The SMILES string of the molecule is CCCCC(Nc1cc(-c2ccc(OCCc3ccccc3)cc2)ncn1)C(=O)O. The molecule has 3 aromatic rings. The molecule has 1 unspecified atom stereocenters. The van der Waals surface area contributed by atoms with E-state index in [-0.39, 0.29) is 0 Å². The molecule has 0 bridgehead atoms. The average molecular weight is 405 g/mol. The lowest BCUT2D eigenvalue weighted by Crippen LogP contribution is -2.29. The van der Waals surface area contributed by atoms with E-state index in [1.165, 1.54) is 11.9 Å².